The maximum Gasteiger partial charge on any atom is 0.228 e. The predicted molar refractivity (Wildman–Crippen MR) is 60.8 cm³/mol. The van der Waals surface area contributed by atoms with Crippen LogP contribution in [-0.2, 0) is 4.79 Å². The number of hydrogen-bond donors (Lipinski definition) is 2. The van der Waals surface area contributed by atoms with Crippen LogP contribution >= 0.6 is 0 Å². The summed E-state index contributed by atoms with van der Waals surface area (Å²) in [4.78, 5) is 13.9. The number of amides is 1. The number of carbonyl (C=O) groups excluding carboxylic acids is 1. The molecule has 1 atom stereocenters. The van der Waals surface area contributed by atoms with Crippen LogP contribution < -0.4 is 10.9 Å². The second-order valence-electron chi connectivity index (χ2n) is 5.25. The van der Waals surface area contributed by atoms with Crippen molar-refractivity contribution in [2.24, 2.45) is 17.3 Å². The lowest BCUT2D eigenvalue weighted by Crippen LogP contribution is -2.69. The predicted octanol–water partition coefficient (Wildman–Crippen LogP) is 0.606. The van der Waals surface area contributed by atoms with E-state index in [-0.39, 0.29) is 11.3 Å². The average molecular weight is 219 g/mol. The second kappa shape index (κ2) is 3.03. The molecule has 16 heavy (non-hydrogen) atoms. The summed E-state index contributed by atoms with van der Waals surface area (Å²) < 4.78 is 0. The van der Waals surface area contributed by atoms with Gasteiger partial charge in [-0.2, -0.15) is 0 Å². The lowest BCUT2D eigenvalue weighted by Gasteiger charge is -2.67. The van der Waals surface area contributed by atoms with Gasteiger partial charge in [0.2, 0.25) is 5.91 Å². The monoisotopic (exact) mass is 219 g/mol. The molecule has 0 spiro atoms. The van der Waals surface area contributed by atoms with Gasteiger partial charge in [-0.25, -0.2) is 0 Å². The van der Waals surface area contributed by atoms with Gasteiger partial charge in [0, 0.05) is 31.9 Å². The molecule has 86 valence electrons. The zero-order valence-corrected chi connectivity index (χ0v) is 9.66. The van der Waals surface area contributed by atoms with E-state index in [0.29, 0.717) is 11.8 Å². The number of hydrogen-bond acceptors (Lipinski definition) is 3. The number of carbonyl (C=O) groups is 1. The number of nitrogens with zero attached hydrogens (tertiary/aromatic N) is 1. The normalized spacial score (nSPS) is 38.5. The Bertz CT molecular complexity index is 391. The minimum absolute atomic E-state index is 0.0974. The highest BCUT2D eigenvalue weighted by Crippen LogP contribution is 2.71. The molecule has 1 unspecified atom stereocenters. The summed E-state index contributed by atoms with van der Waals surface area (Å²) in [5.41, 5.74) is 7.21. The van der Waals surface area contributed by atoms with Crippen LogP contribution in [0.3, 0.4) is 0 Å². The lowest BCUT2D eigenvalue weighted by atomic mass is 9.36. The molecule has 1 aliphatic heterocycles. The molecule has 4 heteroatoms. The van der Waals surface area contributed by atoms with Gasteiger partial charge >= 0.3 is 0 Å². The van der Waals surface area contributed by atoms with Crippen molar-refractivity contribution < 1.29 is 4.79 Å². The molecule has 0 saturated heterocycles. The lowest BCUT2D eigenvalue weighted by molar-refractivity contribution is -0.198. The SMILES string of the molecule is CN(C)C(=O)C12CC(C1)C2C1=CC=CNN1. The Morgan fingerprint density at radius 2 is 2.25 bits per heavy atom. The van der Waals surface area contributed by atoms with Crippen LogP contribution in [0.25, 0.3) is 0 Å². The first-order valence-electron chi connectivity index (χ1n) is 5.75. The van der Waals surface area contributed by atoms with Crippen LogP contribution in [0, 0.1) is 17.3 Å². The van der Waals surface area contributed by atoms with Gasteiger partial charge in [-0.05, 0) is 30.9 Å². The van der Waals surface area contributed by atoms with Gasteiger partial charge in [-0.1, -0.05) is 0 Å². The molecule has 0 radical (unpaired) electrons. The molecule has 3 saturated carbocycles. The fraction of sp³-hybridized carbons (Fsp3) is 0.583. The van der Waals surface area contributed by atoms with Crippen LogP contribution in [0.4, 0.5) is 0 Å². The van der Waals surface area contributed by atoms with Crippen molar-refractivity contribution in [1.82, 2.24) is 15.8 Å². The van der Waals surface area contributed by atoms with Gasteiger partial charge in [0.1, 0.15) is 0 Å². The molecule has 0 aromatic carbocycles. The fourth-order valence-corrected chi connectivity index (χ4v) is 3.35. The molecule has 2 N–H and O–H groups in total. The largest absolute Gasteiger partial charge is 0.348 e. The van der Waals surface area contributed by atoms with E-state index in [4.69, 9.17) is 0 Å². The maximum absolute atomic E-state index is 12.2. The standard InChI is InChI=1S/C12H17N3O/c1-15(2)11(16)12-6-8(7-12)10(12)9-4-3-5-13-14-9/h3-5,8,10,13-14H,6-7H2,1-2H3. The molecular formula is C12H17N3O. The van der Waals surface area contributed by atoms with Gasteiger partial charge in [-0.3, -0.25) is 4.79 Å². The second-order valence-corrected chi connectivity index (χ2v) is 5.25. The molecule has 4 nitrogen and oxygen atoms in total. The molecule has 2 bridgehead atoms. The third kappa shape index (κ3) is 1.02. The van der Waals surface area contributed by atoms with Crippen LogP contribution in [0.2, 0.25) is 0 Å². The van der Waals surface area contributed by atoms with Gasteiger partial charge in [0.05, 0.1) is 5.41 Å². The Hall–Kier alpha value is -1.45. The van der Waals surface area contributed by atoms with Crippen LogP contribution in [0.1, 0.15) is 12.8 Å². The van der Waals surface area contributed by atoms with Crippen LogP contribution in [-0.4, -0.2) is 24.9 Å². The summed E-state index contributed by atoms with van der Waals surface area (Å²) in [5.74, 6) is 1.40. The summed E-state index contributed by atoms with van der Waals surface area (Å²) in [6.07, 6.45) is 8.05. The van der Waals surface area contributed by atoms with Crippen molar-refractivity contribution in [2.75, 3.05) is 14.1 Å². The Kier molecular flexibility index (Phi) is 1.85. The van der Waals surface area contributed by atoms with E-state index >= 15 is 0 Å². The van der Waals surface area contributed by atoms with Gasteiger partial charge < -0.3 is 15.8 Å². The Labute approximate surface area is 95.3 Å². The van der Waals surface area contributed by atoms with Crippen LogP contribution in [0.5, 0.6) is 0 Å². The third-order valence-corrected chi connectivity index (χ3v) is 4.16. The maximum atomic E-state index is 12.2. The van der Waals surface area contributed by atoms with E-state index in [9.17, 15) is 4.79 Å². The molecule has 1 heterocycles. The first kappa shape index (κ1) is 9.75. The first-order valence-corrected chi connectivity index (χ1v) is 5.75. The summed E-state index contributed by atoms with van der Waals surface area (Å²) in [5, 5.41) is 0. The first-order chi connectivity index (χ1) is 7.65. The van der Waals surface area contributed by atoms with Gasteiger partial charge in [0.25, 0.3) is 0 Å². The van der Waals surface area contributed by atoms with Crippen molar-refractivity contribution in [2.45, 2.75) is 12.8 Å². The smallest absolute Gasteiger partial charge is 0.228 e. The van der Waals surface area contributed by atoms with Crippen LogP contribution in [0.15, 0.2) is 24.0 Å². The third-order valence-electron chi connectivity index (χ3n) is 4.16. The summed E-state index contributed by atoms with van der Waals surface area (Å²) >= 11 is 0. The zero-order chi connectivity index (χ0) is 11.3. The van der Waals surface area contributed by atoms with E-state index in [2.05, 4.69) is 16.9 Å². The Balaban J connectivity index is 1.82. The molecule has 0 aromatic rings. The van der Waals surface area contributed by atoms with Crippen molar-refractivity contribution in [3.63, 3.8) is 0 Å². The van der Waals surface area contributed by atoms with Crippen molar-refractivity contribution in [3.8, 4) is 0 Å². The van der Waals surface area contributed by atoms with Crippen molar-refractivity contribution in [1.29, 1.82) is 0 Å². The molecule has 4 aliphatic rings. The number of hydrazine groups is 1. The minimum Gasteiger partial charge on any atom is -0.348 e. The van der Waals surface area contributed by atoms with E-state index in [0.717, 1.165) is 12.8 Å². The summed E-state index contributed by atoms with van der Waals surface area (Å²) in [6.45, 7) is 0. The van der Waals surface area contributed by atoms with E-state index in [1.165, 1.54) is 5.70 Å². The number of nitrogens with one attached hydrogen (secondary N) is 2. The summed E-state index contributed by atoms with van der Waals surface area (Å²) in [6, 6.07) is 0. The molecule has 3 aliphatic carbocycles. The molecule has 0 aromatic heterocycles. The molecule has 1 amide bonds. The van der Waals surface area contributed by atoms with E-state index < -0.39 is 0 Å². The average Bonchev–Trinajstić information content (AvgIpc) is 2.15. The minimum atomic E-state index is -0.0974. The summed E-state index contributed by atoms with van der Waals surface area (Å²) in [7, 11) is 3.70. The highest BCUT2D eigenvalue weighted by atomic mass is 16.2. The van der Waals surface area contributed by atoms with Gasteiger partial charge in [0.15, 0.2) is 0 Å². The zero-order valence-electron chi connectivity index (χ0n) is 9.66. The molecular weight excluding hydrogens is 202 g/mol. The number of rotatable bonds is 2. The highest BCUT2D eigenvalue weighted by molar-refractivity contribution is 5.86. The quantitative estimate of drug-likeness (QED) is 0.715. The van der Waals surface area contributed by atoms with Crippen molar-refractivity contribution in [3.05, 3.63) is 24.0 Å². The Morgan fingerprint density at radius 1 is 1.50 bits per heavy atom. The van der Waals surface area contributed by atoms with Gasteiger partial charge in [-0.15, -0.1) is 0 Å². The fourth-order valence-electron chi connectivity index (χ4n) is 3.35. The van der Waals surface area contributed by atoms with E-state index in [1.54, 1.807) is 4.90 Å². The van der Waals surface area contributed by atoms with E-state index in [1.807, 2.05) is 26.4 Å². The molecule has 3 fully saturated rings. The molecule has 4 rings (SSSR count). The topological polar surface area (TPSA) is 44.4 Å². The Morgan fingerprint density at radius 3 is 2.69 bits per heavy atom. The number of allylic oxidation sites excluding steroid dienone is 3. The highest BCUT2D eigenvalue weighted by Gasteiger charge is 2.70. The van der Waals surface area contributed by atoms with Crippen molar-refractivity contribution >= 4 is 5.91 Å².